The van der Waals surface area contributed by atoms with E-state index in [0.29, 0.717) is 39.5 Å². The quantitative estimate of drug-likeness (QED) is 0.877. The summed E-state index contributed by atoms with van der Waals surface area (Å²) in [4.78, 5) is 16.0. The third-order valence-electron chi connectivity index (χ3n) is 3.17. The summed E-state index contributed by atoms with van der Waals surface area (Å²) in [7, 11) is 0. The molecule has 0 atom stereocenters. The first-order valence-corrected chi connectivity index (χ1v) is 6.45. The summed E-state index contributed by atoms with van der Waals surface area (Å²) in [5.74, 6) is -1.04. The molecule has 4 nitrogen and oxygen atoms in total. The van der Waals surface area contributed by atoms with Crippen molar-refractivity contribution in [3.05, 3.63) is 39.0 Å². The first kappa shape index (κ1) is 12.7. The van der Waals surface area contributed by atoms with Crippen LogP contribution >= 0.6 is 23.2 Å². The predicted octanol–water partition coefficient (Wildman–Crippen LogP) is 3.31. The number of fused-ring (bicyclic) bond motifs is 2. The Morgan fingerprint density at radius 3 is 2.79 bits per heavy atom. The number of rotatable bonds is 1. The van der Waals surface area contributed by atoms with Crippen molar-refractivity contribution in [2.45, 2.75) is 13.0 Å². The Labute approximate surface area is 118 Å². The topological polar surface area (TPSA) is 59.4 Å². The number of carbonyl (C=O) groups is 1. The minimum absolute atomic E-state index is 0.146. The van der Waals surface area contributed by atoms with Crippen molar-refractivity contribution in [1.82, 2.24) is 4.98 Å². The zero-order chi connectivity index (χ0) is 13.6. The van der Waals surface area contributed by atoms with Gasteiger partial charge in [0.1, 0.15) is 0 Å². The van der Waals surface area contributed by atoms with Gasteiger partial charge in [-0.15, -0.1) is 0 Å². The summed E-state index contributed by atoms with van der Waals surface area (Å²) in [6.45, 7) is 0.769. The molecule has 0 saturated carbocycles. The van der Waals surface area contributed by atoms with Crippen molar-refractivity contribution in [3.8, 4) is 0 Å². The van der Waals surface area contributed by atoms with Crippen LogP contribution < -0.4 is 0 Å². The number of benzene rings is 1. The molecule has 0 unspecified atom stereocenters. The van der Waals surface area contributed by atoms with Crippen molar-refractivity contribution >= 4 is 40.1 Å². The maximum atomic E-state index is 11.6. The van der Waals surface area contributed by atoms with E-state index in [1.54, 1.807) is 12.1 Å². The van der Waals surface area contributed by atoms with Crippen LogP contribution in [0.4, 0.5) is 0 Å². The Morgan fingerprint density at radius 2 is 2.05 bits per heavy atom. The van der Waals surface area contributed by atoms with E-state index in [1.807, 2.05) is 0 Å². The SMILES string of the molecule is O=C(O)c1c2c(nc3c(Cl)ccc(Cl)c13)CCOC2. The summed E-state index contributed by atoms with van der Waals surface area (Å²) in [6.07, 6.45) is 0.578. The molecule has 6 heteroatoms. The molecule has 0 radical (unpaired) electrons. The molecule has 98 valence electrons. The van der Waals surface area contributed by atoms with E-state index in [-0.39, 0.29) is 12.2 Å². The van der Waals surface area contributed by atoms with Crippen molar-refractivity contribution < 1.29 is 14.6 Å². The lowest BCUT2D eigenvalue weighted by atomic mass is 9.98. The highest BCUT2D eigenvalue weighted by molar-refractivity contribution is 6.41. The Morgan fingerprint density at radius 1 is 1.32 bits per heavy atom. The van der Waals surface area contributed by atoms with Gasteiger partial charge in [-0.3, -0.25) is 4.98 Å². The summed E-state index contributed by atoms with van der Waals surface area (Å²) in [5.41, 5.74) is 1.90. The van der Waals surface area contributed by atoms with Gasteiger partial charge in [0.15, 0.2) is 0 Å². The molecule has 0 fully saturated rings. The molecular weight excluding hydrogens is 289 g/mol. The van der Waals surface area contributed by atoms with E-state index < -0.39 is 5.97 Å². The zero-order valence-electron chi connectivity index (χ0n) is 9.74. The molecule has 1 aliphatic heterocycles. The number of hydrogen-bond donors (Lipinski definition) is 1. The van der Waals surface area contributed by atoms with E-state index in [0.717, 1.165) is 5.69 Å². The Hall–Kier alpha value is -1.36. The van der Waals surface area contributed by atoms with Gasteiger partial charge in [-0.1, -0.05) is 23.2 Å². The van der Waals surface area contributed by atoms with Crippen LogP contribution in [0.2, 0.25) is 10.0 Å². The van der Waals surface area contributed by atoms with Crippen LogP contribution in [-0.4, -0.2) is 22.7 Å². The number of aromatic carboxylic acids is 1. The molecule has 0 aliphatic carbocycles. The number of carboxylic acids is 1. The Bertz CT molecular complexity index is 700. The van der Waals surface area contributed by atoms with Crippen LogP contribution in [0.1, 0.15) is 21.6 Å². The normalized spacial score (nSPS) is 14.4. The van der Waals surface area contributed by atoms with Crippen LogP contribution in [0.15, 0.2) is 12.1 Å². The smallest absolute Gasteiger partial charge is 0.336 e. The lowest BCUT2D eigenvalue weighted by molar-refractivity contribution is 0.0683. The maximum Gasteiger partial charge on any atom is 0.336 e. The summed E-state index contributed by atoms with van der Waals surface area (Å²) in [5, 5.41) is 10.6. The molecule has 3 rings (SSSR count). The number of carboxylic acid groups (broad SMARTS) is 1. The number of nitrogens with zero attached hydrogens (tertiary/aromatic N) is 1. The molecule has 19 heavy (non-hydrogen) atoms. The fraction of sp³-hybridized carbons (Fsp3) is 0.231. The molecule has 1 aliphatic rings. The third-order valence-corrected chi connectivity index (χ3v) is 3.79. The molecular formula is C13H9Cl2NO3. The average Bonchev–Trinajstić information content (AvgIpc) is 2.40. The molecule has 2 heterocycles. The van der Waals surface area contributed by atoms with Gasteiger partial charge in [0, 0.05) is 23.1 Å². The third kappa shape index (κ3) is 1.96. The Balaban J connectivity index is 2.50. The van der Waals surface area contributed by atoms with Crippen LogP contribution in [0.25, 0.3) is 10.9 Å². The summed E-state index contributed by atoms with van der Waals surface area (Å²) >= 11 is 12.2. The van der Waals surface area contributed by atoms with Gasteiger partial charge in [0.05, 0.1) is 34.3 Å². The van der Waals surface area contributed by atoms with Crippen molar-refractivity contribution in [1.29, 1.82) is 0 Å². The molecule has 0 spiro atoms. The molecule has 2 aromatic rings. The van der Waals surface area contributed by atoms with Gasteiger partial charge < -0.3 is 9.84 Å². The van der Waals surface area contributed by atoms with E-state index in [2.05, 4.69) is 4.98 Å². The van der Waals surface area contributed by atoms with Gasteiger partial charge >= 0.3 is 5.97 Å². The lowest BCUT2D eigenvalue weighted by Crippen LogP contribution is -2.17. The lowest BCUT2D eigenvalue weighted by Gasteiger charge is -2.20. The highest BCUT2D eigenvalue weighted by atomic mass is 35.5. The second-order valence-corrected chi connectivity index (χ2v) is 5.09. The largest absolute Gasteiger partial charge is 0.478 e. The fourth-order valence-electron chi connectivity index (χ4n) is 2.33. The van der Waals surface area contributed by atoms with Crippen molar-refractivity contribution in [3.63, 3.8) is 0 Å². The number of ether oxygens (including phenoxy) is 1. The minimum atomic E-state index is -1.04. The molecule has 0 amide bonds. The van der Waals surface area contributed by atoms with Crippen molar-refractivity contribution in [2.24, 2.45) is 0 Å². The van der Waals surface area contributed by atoms with E-state index in [9.17, 15) is 9.90 Å². The van der Waals surface area contributed by atoms with Gasteiger partial charge in [-0.25, -0.2) is 4.79 Å². The number of hydrogen-bond acceptors (Lipinski definition) is 3. The molecule has 0 bridgehead atoms. The first-order chi connectivity index (χ1) is 9.09. The molecule has 0 saturated heterocycles. The van der Waals surface area contributed by atoms with Gasteiger partial charge in [0.2, 0.25) is 0 Å². The van der Waals surface area contributed by atoms with Crippen LogP contribution in [-0.2, 0) is 17.8 Å². The van der Waals surface area contributed by atoms with Crippen molar-refractivity contribution in [2.75, 3.05) is 6.61 Å². The summed E-state index contributed by atoms with van der Waals surface area (Å²) in [6, 6.07) is 3.20. The number of pyridine rings is 1. The average molecular weight is 298 g/mol. The van der Waals surface area contributed by atoms with Gasteiger partial charge in [-0.2, -0.15) is 0 Å². The van der Waals surface area contributed by atoms with E-state index in [4.69, 9.17) is 27.9 Å². The first-order valence-electron chi connectivity index (χ1n) is 5.70. The molecule has 1 aromatic carbocycles. The highest BCUT2D eigenvalue weighted by Gasteiger charge is 2.25. The second kappa shape index (κ2) is 4.63. The highest BCUT2D eigenvalue weighted by Crippen LogP contribution is 2.35. The number of halogens is 2. The minimum Gasteiger partial charge on any atom is -0.478 e. The van der Waals surface area contributed by atoms with E-state index >= 15 is 0 Å². The zero-order valence-corrected chi connectivity index (χ0v) is 11.3. The fourth-order valence-corrected chi connectivity index (χ4v) is 2.77. The van der Waals surface area contributed by atoms with Gasteiger partial charge in [-0.05, 0) is 12.1 Å². The van der Waals surface area contributed by atoms with Crippen LogP contribution in [0.3, 0.4) is 0 Å². The number of aromatic nitrogens is 1. The standard InChI is InChI=1S/C13H9Cl2NO3/c14-7-1-2-8(15)12-11(7)10(13(17)18)6-5-19-4-3-9(6)16-12/h1-2H,3-5H2,(H,17,18). The van der Waals surface area contributed by atoms with E-state index in [1.165, 1.54) is 0 Å². The summed E-state index contributed by atoms with van der Waals surface area (Å²) < 4.78 is 5.33. The molecule has 1 aromatic heterocycles. The second-order valence-electron chi connectivity index (χ2n) is 4.27. The predicted molar refractivity (Wildman–Crippen MR) is 72.1 cm³/mol. The Kier molecular flexibility index (Phi) is 3.09. The maximum absolute atomic E-state index is 11.6. The van der Waals surface area contributed by atoms with Gasteiger partial charge in [0.25, 0.3) is 0 Å². The van der Waals surface area contributed by atoms with Crippen LogP contribution in [0.5, 0.6) is 0 Å². The molecule has 1 N–H and O–H groups in total. The van der Waals surface area contributed by atoms with Crippen LogP contribution in [0, 0.1) is 0 Å². The monoisotopic (exact) mass is 297 g/mol.